The van der Waals surface area contributed by atoms with E-state index >= 15 is 0 Å². The van der Waals surface area contributed by atoms with Gasteiger partial charge < -0.3 is 5.32 Å². The lowest BCUT2D eigenvalue weighted by atomic mass is 9.83. The third-order valence-corrected chi connectivity index (χ3v) is 3.95. The van der Waals surface area contributed by atoms with Crippen LogP contribution >= 0.6 is 0 Å². The lowest BCUT2D eigenvalue weighted by Gasteiger charge is -2.27. The molecule has 1 atom stereocenters. The first kappa shape index (κ1) is 13.3. The lowest BCUT2D eigenvalue weighted by Crippen LogP contribution is -2.47. The quantitative estimate of drug-likeness (QED) is 0.806. The average Bonchev–Trinajstić information content (AvgIpc) is 2.88. The minimum absolute atomic E-state index is 0.289. The molecule has 1 fully saturated rings. The van der Waals surface area contributed by atoms with Crippen molar-refractivity contribution < 1.29 is 4.79 Å². The highest BCUT2D eigenvalue weighted by atomic mass is 16.1. The first-order valence-electron chi connectivity index (χ1n) is 7.10. The summed E-state index contributed by atoms with van der Waals surface area (Å²) in [6, 6.07) is 8.10. The zero-order chi connectivity index (χ0) is 13.0. The summed E-state index contributed by atoms with van der Waals surface area (Å²) in [7, 11) is 0. The van der Waals surface area contributed by atoms with Crippen molar-refractivity contribution in [1.82, 2.24) is 5.32 Å². The van der Waals surface area contributed by atoms with Crippen LogP contribution in [-0.4, -0.2) is 17.9 Å². The van der Waals surface area contributed by atoms with Gasteiger partial charge in [0.15, 0.2) is 5.78 Å². The van der Waals surface area contributed by atoms with Gasteiger partial charge in [-0.2, -0.15) is 0 Å². The fourth-order valence-electron chi connectivity index (χ4n) is 2.96. The Bertz CT molecular complexity index is 419. The molecule has 1 N–H and O–H groups in total. The number of aryl methyl sites for hydroxylation is 1. The number of carbonyl (C=O) groups is 1. The van der Waals surface area contributed by atoms with Crippen LogP contribution < -0.4 is 5.32 Å². The van der Waals surface area contributed by atoms with Crippen LogP contribution in [0.4, 0.5) is 0 Å². The Morgan fingerprint density at radius 3 is 2.83 bits per heavy atom. The van der Waals surface area contributed by atoms with E-state index in [0.29, 0.717) is 0 Å². The summed E-state index contributed by atoms with van der Waals surface area (Å²) in [6.45, 7) is 5.25. The number of ketones is 1. The van der Waals surface area contributed by atoms with Gasteiger partial charge in [0.05, 0.1) is 5.54 Å². The molecule has 0 aliphatic carbocycles. The summed E-state index contributed by atoms with van der Waals surface area (Å²) in [6.07, 6.45) is 5.07. The van der Waals surface area contributed by atoms with E-state index in [-0.39, 0.29) is 11.3 Å². The van der Waals surface area contributed by atoms with E-state index in [4.69, 9.17) is 0 Å². The van der Waals surface area contributed by atoms with E-state index in [1.165, 1.54) is 5.56 Å². The van der Waals surface area contributed by atoms with Crippen molar-refractivity contribution in [2.45, 2.75) is 51.5 Å². The molecule has 1 unspecified atom stereocenters. The molecule has 1 saturated heterocycles. The number of nitrogens with one attached hydrogen (secondary N) is 1. The molecule has 0 saturated carbocycles. The molecule has 0 spiro atoms. The van der Waals surface area contributed by atoms with Crippen molar-refractivity contribution in [1.29, 1.82) is 0 Å². The molecule has 1 aliphatic rings. The SMILES string of the molecule is CCCC1(C(=O)c2cccc(CC)c2)CCCN1. The summed E-state index contributed by atoms with van der Waals surface area (Å²) in [5.41, 5.74) is 1.82. The van der Waals surface area contributed by atoms with Gasteiger partial charge in [-0.15, -0.1) is 0 Å². The maximum absolute atomic E-state index is 12.8. The predicted octanol–water partition coefficient (Wildman–Crippen LogP) is 3.35. The minimum Gasteiger partial charge on any atom is -0.305 e. The molecule has 18 heavy (non-hydrogen) atoms. The highest BCUT2D eigenvalue weighted by Crippen LogP contribution is 2.29. The van der Waals surface area contributed by atoms with Crippen LogP contribution in [0.2, 0.25) is 0 Å². The molecule has 98 valence electrons. The van der Waals surface area contributed by atoms with Gasteiger partial charge in [0.2, 0.25) is 0 Å². The first-order valence-corrected chi connectivity index (χ1v) is 7.10. The summed E-state index contributed by atoms with van der Waals surface area (Å²) >= 11 is 0. The normalized spacial score (nSPS) is 23.2. The number of hydrogen-bond acceptors (Lipinski definition) is 2. The van der Waals surface area contributed by atoms with E-state index < -0.39 is 0 Å². The van der Waals surface area contributed by atoms with Crippen molar-refractivity contribution in [3.63, 3.8) is 0 Å². The molecule has 1 aromatic rings. The maximum atomic E-state index is 12.8. The van der Waals surface area contributed by atoms with Crippen molar-refractivity contribution in [2.24, 2.45) is 0 Å². The summed E-state index contributed by atoms with van der Waals surface area (Å²) in [5.74, 6) is 0.289. The topological polar surface area (TPSA) is 29.1 Å². The second-order valence-electron chi connectivity index (χ2n) is 5.25. The van der Waals surface area contributed by atoms with E-state index in [1.54, 1.807) is 0 Å². The molecule has 2 nitrogen and oxygen atoms in total. The van der Waals surface area contributed by atoms with Gasteiger partial charge in [-0.25, -0.2) is 0 Å². The van der Waals surface area contributed by atoms with Crippen LogP contribution in [0, 0.1) is 0 Å². The smallest absolute Gasteiger partial charge is 0.182 e. The van der Waals surface area contributed by atoms with Crippen LogP contribution in [0.1, 0.15) is 55.5 Å². The second kappa shape index (κ2) is 5.66. The fraction of sp³-hybridized carbons (Fsp3) is 0.562. The van der Waals surface area contributed by atoms with Gasteiger partial charge in [-0.3, -0.25) is 4.79 Å². The number of benzene rings is 1. The van der Waals surface area contributed by atoms with Gasteiger partial charge in [0.25, 0.3) is 0 Å². The van der Waals surface area contributed by atoms with Crippen LogP contribution in [0.5, 0.6) is 0 Å². The molecule has 0 radical (unpaired) electrons. The monoisotopic (exact) mass is 245 g/mol. The molecular formula is C16H23NO. The van der Waals surface area contributed by atoms with Gasteiger partial charge >= 0.3 is 0 Å². The average molecular weight is 245 g/mol. The fourth-order valence-corrected chi connectivity index (χ4v) is 2.96. The second-order valence-corrected chi connectivity index (χ2v) is 5.25. The molecular weight excluding hydrogens is 222 g/mol. The van der Waals surface area contributed by atoms with Crippen LogP contribution in [-0.2, 0) is 6.42 Å². The van der Waals surface area contributed by atoms with E-state index in [2.05, 4.69) is 31.3 Å². The van der Waals surface area contributed by atoms with Gasteiger partial charge in [0.1, 0.15) is 0 Å². The zero-order valence-electron chi connectivity index (χ0n) is 11.5. The third kappa shape index (κ3) is 2.49. The summed E-state index contributed by atoms with van der Waals surface area (Å²) < 4.78 is 0. The van der Waals surface area contributed by atoms with Crippen molar-refractivity contribution in [3.05, 3.63) is 35.4 Å². The van der Waals surface area contributed by atoms with Crippen molar-refractivity contribution in [2.75, 3.05) is 6.54 Å². The van der Waals surface area contributed by atoms with E-state index in [1.807, 2.05) is 12.1 Å². The van der Waals surface area contributed by atoms with Crippen LogP contribution in [0.25, 0.3) is 0 Å². The van der Waals surface area contributed by atoms with E-state index in [0.717, 1.165) is 44.2 Å². The zero-order valence-corrected chi connectivity index (χ0v) is 11.5. The Morgan fingerprint density at radius 1 is 1.39 bits per heavy atom. The third-order valence-electron chi connectivity index (χ3n) is 3.95. The summed E-state index contributed by atoms with van der Waals surface area (Å²) in [4.78, 5) is 12.8. The standard InChI is InChI=1S/C16H23NO/c1-3-9-16(10-6-11-17-16)15(18)14-8-5-7-13(4-2)12-14/h5,7-8,12,17H,3-4,6,9-11H2,1-2H3. The molecule has 2 rings (SSSR count). The maximum Gasteiger partial charge on any atom is 0.182 e. The highest BCUT2D eigenvalue weighted by Gasteiger charge is 2.40. The first-order chi connectivity index (χ1) is 8.72. The summed E-state index contributed by atoms with van der Waals surface area (Å²) in [5, 5.41) is 3.46. The van der Waals surface area contributed by atoms with Gasteiger partial charge in [0, 0.05) is 5.56 Å². The molecule has 1 aromatic carbocycles. The van der Waals surface area contributed by atoms with Crippen molar-refractivity contribution in [3.8, 4) is 0 Å². The van der Waals surface area contributed by atoms with Crippen LogP contribution in [0.15, 0.2) is 24.3 Å². The Kier molecular flexibility index (Phi) is 4.18. The molecule has 0 amide bonds. The number of hydrogen-bond donors (Lipinski definition) is 1. The lowest BCUT2D eigenvalue weighted by molar-refractivity contribution is 0.0857. The van der Waals surface area contributed by atoms with Gasteiger partial charge in [-0.05, 0) is 43.9 Å². The molecule has 1 aliphatic heterocycles. The van der Waals surface area contributed by atoms with Crippen molar-refractivity contribution >= 4 is 5.78 Å². The number of Topliss-reactive ketones (excluding diaryl/α,β-unsaturated/α-hetero) is 1. The van der Waals surface area contributed by atoms with Gasteiger partial charge in [-0.1, -0.05) is 38.5 Å². The Hall–Kier alpha value is -1.15. The Balaban J connectivity index is 2.27. The minimum atomic E-state index is -0.291. The Morgan fingerprint density at radius 2 is 2.22 bits per heavy atom. The number of carbonyl (C=O) groups excluding carboxylic acids is 1. The molecule has 0 aromatic heterocycles. The molecule has 1 heterocycles. The van der Waals surface area contributed by atoms with E-state index in [9.17, 15) is 4.79 Å². The Labute approximate surface area is 110 Å². The number of rotatable bonds is 5. The molecule has 0 bridgehead atoms. The van der Waals surface area contributed by atoms with Crippen LogP contribution in [0.3, 0.4) is 0 Å². The highest BCUT2D eigenvalue weighted by molar-refractivity contribution is 6.03. The molecule has 2 heteroatoms. The predicted molar refractivity (Wildman–Crippen MR) is 75.0 cm³/mol. The largest absolute Gasteiger partial charge is 0.305 e.